The summed E-state index contributed by atoms with van der Waals surface area (Å²) in [5, 5.41) is 15.9. The van der Waals surface area contributed by atoms with Gasteiger partial charge in [0, 0.05) is 4.88 Å². The van der Waals surface area contributed by atoms with E-state index in [9.17, 15) is 22.9 Å². The van der Waals surface area contributed by atoms with E-state index in [0.29, 0.717) is 22.5 Å². The highest BCUT2D eigenvalue weighted by molar-refractivity contribution is 7.93. The third kappa shape index (κ3) is 4.71. The van der Waals surface area contributed by atoms with E-state index in [1.807, 2.05) is 0 Å². The van der Waals surface area contributed by atoms with Gasteiger partial charge in [-0.15, -0.1) is 15.7 Å². The van der Waals surface area contributed by atoms with Crippen LogP contribution >= 0.6 is 22.9 Å². The van der Waals surface area contributed by atoms with Gasteiger partial charge in [0.1, 0.15) is 5.82 Å². The van der Waals surface area contributed by atoms with Gasteiger partial charge in [-0.05, 0) is 80.2 Å². The van der Waals surface area contributed by atoms with E-state index in [4.69, 9.17) is 16.7 Å². The number of hydrogen-bond donors (Lipinski definition) is 2. The van der Waals surface area contributed by atoms with Crippen molar-refractivity contribution >= 4 is 38.8 Å². The first kappa shape index (κ1) is 22.8. The molecule has 10 heteroatoms. The van der Waals surface area contributed by atoms with Gasteiger partial charge in [-0.1, -0.05) is 11.6 Å². The molecular weight excluding hydrogens is 466 g/mol. The zero-order valence-corrected chi connectivity index (χ0v) is 19.5. The molecule has 0 radical (unpaired) electrons. The second kappa shape index (κ2) is 7.88. The average Bonchev–Trinajstić information content (AvgIpc) is 3.55. The molecule has 1 atom stereocenters. The van der Waals surface area contributed by atoms with Gasteiger partial charge in [0.25, 0.3) is 5.91 Å². The number of nitrogens with two attached hydrogens (primary N) is 1. The summed E-state index contributed by atoms with van der Waals surface area (Å²) in [6.45, 7) is 2.91. The lowest BCUT2D eigenvalue weighted by atomic mass is 9.92. The first-order valence-corrected chi connectivity index (χ1v) is 12.8. The lowest BCUT2D eigenvalue weighted by Gasteiger charge is -2.16. The van der Waals surface area contributed by atoms with Crippen molar-refractivity contribution in [3.8, 4) is 0 Å². The minimum absolute atomic E-state index is 0.00492. The van der Waals surface area contributed by atoms with Crippen molar-refractivity contribution in [1.82, 2.24) is 0 Å². The minimum atomic E-state index is -3.86. The molecule has 0 spiro atoms. The highest BCUT2D eigenvalue weighted by atomic mass is 35.5. The molecule has 1 aromatic heterocycles. The third-order valence-corrected chi connectivity index (χ3v) is 9.15. The third-order valence-electron chi connectivity index (χ3n) is 5.49. The molecule has 5 nitrogen and oxygen atoms in total. The number of carbonyl (C=O) groups is 1. The molecule has 2 aliphatic rings. The molecule has 1 aromatic carbocycles. The van der Waals surface area contributed by atoms with Crippen LogP contribution in [0.15, 0.2) is 20.7 Å². The Morgan fingerprint density at radius 3 is 2.42 bits per heavy atom. The smallest absolute Gasteiger partial charge is 0.259 e. The van der Waals surface area contributed by atoms with Crippen molar-refractivity contribution in [2.24, 2.45) is 9.50 Å². The number of nitrogens with zero attached hydrogens (tertiary/aromatic N) is 1. The maximum Gasteiger partial charge on any atom is 0.259 e. The number of aliphatic hydroxyl groups is 1. The first-order chi connectivity index (χ1) is 14.4. The standard InChI is InChI=1S/C21H23ClF2N2O3S2/c1-21(2,28)16-9-15(23)20(30-16)31(25,29)26-17(27)8-13-12(10-3-4-10)7-14(22)19(24)18(13)11-5-6-11/h7,9-11,28H,3-6,8H2,1-2H3,(H2,25,26,27,29). The lowest BCUT2D eigenvalue weighted by molar-refractivity contribution is -0.117. The maximum atomic E-state index is 14.8. The van der Waals surface area contributed by atoms with Gasteiger partial charge >= 0.3 is 0 Å². The van der Waals surface area contributed by atoms with E-state index < -0.39 is 37.3 Å². The Kier molecular flexibility index (Phi) is 5.79. The molecule has 2 saturated carbocycles. The van der Waals surface area contributed by atoms with Gasteiger partial charge in [-0.3, -0.25) is 4.79 Å². The van der Waals surface area contributed by atoms with Crippen molar-refractivity contribution in [2.75, 3.05) is 0 Å². The van der Waals surface area contributed by atoms with Crippen molar-refractivity contribution < 1.29 is 22.9 Å². The molecule has 0 bridgehead atoms. The number of halogens is 3. The quantitative estimate of drug-likeness (QED) is 0.590. The Morgan fingerprint density at radius 1 is 1.29 bits per heavy atom. The summed E-state index contributed by atoms with van der Waals surface area (Å²) >= 11 is 6.82. The van der Waals surface area contributed by atoms with Crippen molar-refractivity contribution in [1.29, 1.82) is 0 Å². The summed E-state index contributed by atoms with van der Waals surface area (Å²) in [6.07, 6.45) is 3.21. The van der Waals surface area contributed by atoms with Crippen LogP contribution in [0.1, 0.15) is 72.9 Å². The molecule has 3 N–H and O–H groups in total. The fourth-order valence-electron chi connectivity index (χ4n) is 3.69. The number of benzene rings is 1. The Balaban J connectivity index is 1.71. The van der Waals surface area contributed by atoms with E-state index in [1.165, 1.54) is 13.8 Å². The molecule has 0 saturated heterocycles. The van der Waals surface area contributed by atoms with Gasteiger partial charge in [0.2, 0.25) is 0 Å². The number of amides is 1. The second-order valence-corrected chi connectivity index (χ2v) is 12.2. The number of carbonyl (C=O) groups excluding carboxylic acids is 1. The Bertz CT molecular complexity index is 1190. The summed E-state index contributed by atoms with van der Waals surface area (Å²) in [6, 6.07) is 2.61. The first-order valence-electron chi connectivity index (χ1n) is 9.99. The Labute approximate surface area is 188 Å². The van der Waals surface area contributed by atoms with Gasteiger partial charge in [-0.25, -0.2) is 18.1 Å². The van der Waals surface area contributed by atoms with Crippen LogP contribution in [0, 0.1) is 11.6 Å². The van der Waals surface area contributed by atoms with E-state index in [-0.39, 0.29) is 28.2 Å². The van der Waals surface area contributed by atoms with Crippen LogP contribution in [0.4, 0.5) is 8.78 Å². The molecule has 1 heterocycles. The van der Waals surface area contributed by atoms with Gasteiger partial charge in [-0.2, -0.15) is 0 Å². The molecule has 0 aliphatic heterocycles. The normalized spacial score (nSPS) is 18.7. The highest BCUT2D eigenvalue weighted by Crippen LogP contribution is 2.50. The van der Waals surface area contributed by atoms with Crippen LogP contribution in [-0.2, 0) is 26.7 Å². The zero-order valence-electron chi connectivity index (χ0n) is 17.1. The largest absolute Gasteiger partial charge is 0.385 e. The van der Waals surface area contributed by atoms with E-state index >= 15 is 0 Å². The fourth-order valence-corrected chi connectivity index (χ4v) is 6.32. The molecule has 2 aliphatic carbocycles. The molecule has 1 unspecified atom stereocenters. The zero-order chi connectivity index (χ0) is 22.7. The summed E-state index contributed by atoms with van der Waals surface area (Å²) < 4.78 is 45.3. The Hall–Kier alpha value is -1.39. The van der Waals surface area contributed by atoms with Crippen LogP contribution < -0.4 is 5.14 Å². The van der Waals surface area contributed by atoms with Crippen molar-refractivity contribution in [2.45, 2.75) is 67.6 Å². The van der Waals surface area contributed by atoms with E-state index in [0.717, 1.165) is 37.3 Å². The maximum absolute atomic E-state index is 14.8. The molecule has 1 amide bonds. The monoisotopic (exact) mass is 488 g/mol. The molecule has 2 aromatic rings. The average molecular weight is 489 g/mol. The van der Waals surface area contributed by atoms with E-state index in [1.54, 1.807) is 6.07 Å². The van der Waals surface area contributed by atoms with Crippen LogP contribution in [0.5, 0.6) is 0 Å². The fraction of sp³-hybridized carbons (Fsp3) is 0.476. The summed E-state index contributed by atoms with van der Waals surface area (Å²) in [4.78, 5) is 13.0. The topological polar surface area (TPSA) is 92.8 Å². The van der Waals surface area contributed by atoms with Crippen LogP contribution in [-0.4, -0.2) is 15.2 Å². The molecule has 4 rings (SSSR count). The summed E-state index contributed by atoms with van der Waals surface area (Å²) in [5.74, 6) is -2.00. The Morgan fingerprint density at radius 2 is 1.90 bits per heavy atom. The predicted octanol–water partition coefficient (Wildman–Crippen LogP) is 5.13. The van der Waals surface area contributed by atoms with E-state index in [2.05, 4.69) is 4.36 Å². The van der Waals surface area contributed by atoms with Crippen LogP contribution in [0.25, 0.3) is 0 Å². The second-order valence-electron chi connectivity index (χ2n) is 8.74. The van der Waals surface area contributed by atoms with Crippen molar-refractivity contribution in [3.05, 3.63) is 50.4 Å². The summed E-state index contributed by atoms with van der Waals surface area (Å²) in [7, 11) is -3.86. The SMILES string of the molecule is CC(C)(O)c1cc(F)c(S(N)(=O)=NC(=O)Cc2c(C3CC3)cc(Cl)c(F)c2C2CC2)s1. The van der Waals surface area contributed by atoms with Crippen LogP contribution in [0.2, 0.25) is 5.02 Å². The summed E-state index contributed by atoms with van der Waals surface area (Å²) in [5.41, 5.74) is 0.447. The molecule has 2 fully saturated rings. The highest BCUT2D eigenvalue weighted by Gasteiger charge is 2.36. The van der Waals surface area contributed by atoms with Crippen LogP contribution in [0.3, 0.4) is 0 Å². The number of thiophene rings is 1. The minimum Gasteiger partial charge on any atom is -0.385 e. The lowest BCUT2D eigenvalue weighted by Crippen LogP contribution is -2.17. The van der Waals surface area contributed by atoms with Gasteiger partial charge in [0.05, 0.1) is 17.0 Å². The molecule has 31 heavy (non-hydrogen) atoms. The van der Waals surface area contributed by atoms with Gasteiger partial charge in [0.15, 0.2) is 19.9 Å². The van der Waals surface area contributed by atoms with Crippen molar-refractivity contribution in [3.63, 3.8) is 0 Å². The molecule has 168 valence electrons. The number of rotatable bonds is 6. The number of hydrogen-bond acceptors (Lipinski definition) is 4. The molecular formula is C21H23ClF2N2O3S2. The predicted molar refractivity (Wildman–Crippen MR) is 117 cm³/mol. The van der Waals surface area contributed by atoms with Gasteiger partial charge < -0.3 is 5.11 Å².